The minimum atomic E-state index is 0. The molecule has 2 atom stereocenters. The van der Waals surface area contributed by atoms with Gasteiger partial charge in [0.15, 0.2) is 5.96 Å². The molecule has 0 radical (unpaired) electrons. The molecule has 2 heterocycles. The summed E-state index contributed by atoms with van der Waals surface area (Å²) in [6.07, 6.45) is 2.26. The molecule has 30 heavy (non-hydrogen) atoms. The van der Waals surface area contributed by atoms with Crippen LogP contribution in [0.25, 0.3) is 0 Å². The number of carbonyl (C=O) groups is 1. The highest BCUT2D eigenvalue weighted by Gasteiger charge is 2.41. The average Bonchev–Trinajstić information content (AvgIpc) is 3.16. The molecule has 1 aromatic rings. The Morgan fingerprint density at radius 3 is 2.77 bits per heavy atom. The predicted octanol–water partition coefficient (Wildman–Crippen LogP) is 1.59. The standard InChI is InChI=1S/C21H33N5O2S.HI/c1-24(2)20(27)13-23-21(22-9-12-29-3)26-15-18-19(16-26)28-11-10-25(18)14-17-7-5-4-6-8-17;/h4-8,18-19H,9-16H2,1-3H3,(H,22,23);1H. The third kappa shape index (κ3) is 7.00. The van der Waals surface area contributed by atoms with Crippen molar-refractivity contribution in [2.75, 3.05) is 65.4 Å². The number of hydrogen-bond acceptors (Lipinski definition) is 5. The molecular weight excluding hydrogens is 513 g/mol. The second-order valence-corrected chi connectivity index (χ2v) is 8.67. The van der Waals surface area contributed by atoms with E-state index in [-0.39, 0.29) is 42.5 Å². The molecule has 1 amide bonds. The van der Waals surface area contributed by atoms with Gasteiger partial charge in [-0.2, -0.15) is 11.8 Å². The fraction of sp³-hybridized carbons (Fsp3) is 0.619. The van der Waals surface area contributed by atoms with Gasteiger partial charge in [0, 0.05) is 52.6 Å². The molecular formula is C21H34IN5O2S. The summed E-state index contributed by atoms with van der Waals surface area (Å²) in [7, 11) is 3.52. The number of aliphatic imine (C=N–C) groups is 1. The third-order valence-corrected chi connectivity index (χ3v) is 6.01. The van der Waals surface area contributed by atoms with Crippen molar-refractivity contribution < 1.29 is 9.53 Å². The van der Waals surface area contributed by atoms with Crippen molar-refractivity contribution in [3.63, 3.8) is 0 Å². The summed E-state index contributed by atoms with van der Waals surface area (Å²) in [6.45, 7) is 5.29. The van der Waals surface area contributed by atoms with E-state index >= 15 is 0 Å². The first-order valence-electron chi connectivity index (χ1n) is 10.2. The van der Waals surface area contributed by atoms with Crippen LogP contribution >= 0.6 is 35.7 Å². The Balaban J connectivity index is 0.00000320. The van der Waals surface area contributed by atoms with Gasteiger partial charge in [-0.15, -0.1) is 24.0 Å². The van der Waals surface area contributed by atoms with E-state index in [0.717, 1.165) is 51.0 Å². The quantitative estimate of drug-likeness (QED) is 0.242. The molecule has 2 aliphatic heterocycles. The van der Waals surface area contributed by atoms with Crippen molar-refractivity contribution in [2.45, 2.75) is 18.7 Å². The molecule has 2 unspecified atom stereocenters. The van der Waals surface area contributed by atoms with Gasteiger partial charge >= 0.3 is 0 Å². The lowest BCUT2D eigenvalue weighted by Gasteiger charge is -2.36. The van der Waals surface area contributed by atoms with Crippen LogP contribution in [0.4, 0.5) is 0 Å². The number of benzene rings is 1. The first-order valence-corrected chi connectivity index (χ1v) is 11.6. The van der Waals surface area contributed by atoms with Crippen LogP contribution in [0.3, 0.4) is 0 Å². The Bertz CT molecular complexity index is 691. The Morgan fingerprint density at radius 2 is 2.07 bits per heavy atom. The molecule has 2 fully saturated rings. The van der Waals surface area contributed by atoms with E-state index in [2.05, 4.69) is 56.7 Å². The van der Waals surface area contributed by atoms with Crippen LogP contribution < -0.4 is 5.32 Å². The Morgan fingerprint density at radius 1 is 1.30 bits per heavy atom. The number of nitrogens with zero attached hydrogens (tertiary/aromatic N) is 4. The minimum absolute atomic E-state index is 0. The zero-order chi connectivity index (χ0) is 20.6. The van der Waals surface area contributed by atoms with Gasteiger partial charge in [-0.05, 0) is 11.8 Å². The summed E-state index contributed by atoms with van der Waals surface area (Å²) < 4.78 is 6.09. The van der Waals surface area contributed by atoms with Crippen LogP contribution in [0, 0.1) is 0 Å². The maximum absolute atomic E-state index is 12.0. The number of thioether (sulfide) groups is 1. The smallest absolute Gasteiger partial charge is 0.243 e. The lowest BCUT2D eigenvalue weighted by Crippen LogP contribution is -2.50. The van der Waals surface area contributed by atoms with E-state index in [1.165, 1.54) is 5.56 Å². The zero-order valence-electron chi connectivity index (χ0n) is 18.1. The number of rotatable bonds is 7. The number of nitrogens with one attached hydrogen (secondary N) is 1. The Labute approximate surface area is 201 Å². The summed E-state index contributed by atoms with van der Waals surface area (Å²) >= 11 is 1.79. The molecule has 0 bridgehead atoms. The molecule has 0 spiro atoms. The number of morpholine rings is 1. The first kappa shape index (κ1) is 25.2. The summed E-state index contributed by atoms with van der Waals surface area (Å²) in [5.41, 5.74) is 1.33. The Hall–Kier alpha value is -1.04. The lowest BCUT2D eigenvalue weighted by atomic mass is 10.1. The highest BCUT2D eigenvalue weighted by Crippen LogP contribution is 2.24. The van der Waals surface area contributed by atoms with Crippen molar-refractivity contribution in [2.24, 2.45) is 4.99 Å². The highest BCUT2D eigenvalue weighted by molar-refractivity contribution is 14.0. The molecule has 2 saturated heterocycles. The van der Waals surface area contributed by atoms with Crippen LogP contribution in [0.15, 0.2) is 35.3 Å². The van der Waals surface area contributed by atoms with Gasteiger partial charge in [-0.25, -0.2) is 4.99 Å². The number of fused-ring (bicyclic) bond motifs is 1. The van der Waals surface area contributed by atoms with Gasteiger partial charge in [0.25, 0.3) is 0 Å². The molecule has 168 valence electrons. The topological polar surface area (TPSA) is 60.4 Å². The van der Waals surface area contributed by atoms with Crippen molar-refractivity contribution in [3.05, 3.63) is 35.9 Å². The molecule has 0 aliphatic carbocycles. The summed E-state index contributed by atoms with van der Waals surface area (Å²) in [6, 6.07) is 10.9. The zero-order valence-corrected chi connectivity index (χ0v) is 21.3. The molecule has 0 aromatic heterocycles. The van der Waals surface area contributed by atoms with E-state index in [0.29, 0.717) is 6.04 Å². The average molecular weight is 548 g/mol. The van der Waals surface area contributed by atoms with Gasteiger partial charge in [0.05, 0.1) is 18.8 Å². The molecule has 2 aliphatic rings. The number of carbonyl (C=O) groups excluding carboxylic acids is 1. The third-order valence-electron chi connectivity index (χ3n) is 5.40. The highest BCUT2D eigenvalue weighted by atomic mass is 127. The Kier molecular flexibility index (Phi) is 10.7. The van der Waals surface area contributed by atoms with Crippen molar-refractivity contribution >= 4 is 47.6 Å². The largest absolute Gasteiger partial charge is 0.373 e. The van der Waals surface area contributed by atoms with E-state index in [4.69, 9.17) is 4.74 Å². The fourth-order valence-electron chi connectivity index (χ4n) is 3.76. The van der Waals surface area contributed by atoms with E-state index in [1.807, 2.05) is 0 Å². The number of likely N-dealkylation sites (N-methyl/N-ethyl adjacent to an activating group) is 1. The second kappa shape index (κ2) is 12.7. The summed E-state index contributed by atoms with van der Waals surface area (Å²) in [5, 5.41) is 3.44. The number of guanidine groups is 1. The molecule has 3 rings (SSSR count). The number of amides is 1. The van der Waals surface area contributed by atoms with Gasteiger partial charge < -0.3 is 19.9 Å². The molecule has 0 saturated carbocycles. The van der Waals surface area contributed by atoms with Gasteiger partial charge in [0.1, 0.15) is 6.54 Å². The van der Waals surface area contributed by atoms with E-state index < -0.39 is 0 Å². The van der Waals surface area contributed by atoms with Crippen LogP contribution in [0.2, 0.25) is 0 Å². The first-order chi connectivity index (χ1) is 14.1. The fourth-order valence-corrected chi connectivity index (χ4v) is 4.07. The van der Waals surface area contributed by atoms with Crippen LogP contribution in [0.5, 0.6) is 0 Å². The number of ether oxygens (including phenoxy) is 1. The van der Waals surface area contributed by atoms with E-state index in [9.17, 15) is 4.79 Å². The summed E-state index contributed by atoms with van der Waals surface area (Å²) in [5.74, 6) is 1.82. The second-order valence-electron chi connectivity index (χ2n) is 7.69. The lowest BCUT2D eigenvalue weighted by molar-refractivity contribution is -0.127. The predicted molar refractivity (Wildman–Crippen MR) is 135 cm³/mol. The minimum Gasteiger partial charge on any atom is -0.373 e. The van der Waals surface area contributed by atoms with E-state index in [1.54, 1.807) is 30.8 Å². The number of hydrogen-bond donors (Lipinski definition) is 1. The van der Waals surface area contributed by atoms with Gasteiger partial charge in [0.2, 0.25) is 5.91 Å². The van der Waals surface area contributed by atoms with Crippen LogP contribution in [0.1, 0.15) is 5.56 Å². The SMILES string of the molecule is CSCCNC(=NCC(=O)N(C)C)N1CC2OCCN(Cc3ccccc3)C2C1.I. The van der Waals surface area contributed by atoms with Crippen LogP contribution in [-0.4, -0.2) is 104 Å². The van der Waals surface area contributed by atoms with Gasteiger partial charge in [-0.1, -0.05) is 30.3 Å². The number of halogens is 1. The monoisotopic (exact) mass is 547 g/mol. The van der Waals surface area contributed by atoms with Crippen molar-refractivity contribution in [1.82, 2.24) is 20.0 Å². The van der Waals surface area contributed by atoms with Crippen molar-refractivity contribution in [1.29, 1.82) is 0 Å². The normalized spacial score (nSPS) is 21.7. The maximum atomic E-state index is 12.0. The maximum Gasteiger partial charge on any atom is 0.243 e. The molecule has 1 N–H and O–H groups in total. The number of likely N-dealkylation sites (tertiary alicyclic amines) is 1. The molecule has 9 heteroatoms. The van der Waals surface area contributed by atoms with Crippen molar-refractivity contribution in [3.8, 4) is 0 Å². The summed E-state index contributed by atoms with van der Waals surface area (Å²) in [4.78, 5) is 23.0. The van der Waals surface area contributed by atoms with Crippen LogP contribution in [-0.2, 0) is 16.1 Å². The van der Waals surface area contributed by atoms with Gasteiger partial charge in [-0.3, -0.25) is 9.69 Å². The molecule has 1 aromatic carbocycles. The molecule has 7 nitrogen and oxygen atoms in total.